The highest BCUT2D eigenvalue weighted by Gasteiger charge is 2.28. The van der Waals surface area contributed by atoms with Gasteiger partial charge in [0.25, 0.3) is 0 Å². The number of aromatic nitrogens is 3. The lowest BCUT2D eigenvalue weighted by Gasteiger charge is -2.28. The van der Waals surface area contributed by atoms with E-state index in [1.54, 1.807) is 11.3 Å². The minimum Gasteiger partial charge on any atom is -0.507 e. The van der Waals surface area contributed by atoms with Crippen LogP contribution < -0.4 is 0 Å². The molecule has 0 amide bonds. The van der Waals surface area contributed by atoms with Crippen molar-refractivity contribution >= 4 is 22.4 Å². The minimum absolute atomic E-state index is 0.187. The average Bonchev–Trinajstić information content (AvgIpc) is 3.29. The van der Waals surface area contributed by atoms with Crippen molar-refractivity contribution in [2.45, 2.75) is 58.9 Å². The zero-order chi connectivity index (χ0) is 21.7. The van der Waals surface area contributed by atoms with Gasteiger partial charge in [-0.1, -0.05) is 47.6 Å². The lowest BCUT2D eigenvalue weighted by Crippen LogP contribution is -2.17. The third-order valence-corrected chi connectivity index (χ3v) is 6.25. The molecule has 30 heavy (non-hydrogen) atoms. The topological polar surface area (TPSA) is 50.9 Å². The number of pyridine rings is 1. The lowest BCUT2D eigenvalue weighted by atomic mass is 9.78. The lowest BCUT2D eigenvalue weighted by molar-refractivity contribution is 0.423. The summed E-state index contributed by atoms with van der Waals surface area (Å²) in [7, 11) is 0. The number of rotatable bonds is 3. The van der Waals surface area contributed by atoms with E-state index in [4.69, 9.17) is 5.10 Å². The van der Waals surface area contributed by atoms with Gasteiger partial charge in [0, 0.05) is 33.2 Å². The van der Waals surface area contributed by atoms with Gasteiger partial charge in [0.15, 0.2) is 5.65 Å². The van der Waals surface area contributed by atoms with E-state index in [0.29, 0.717) is 12.3 Å². The summed E-state index contributed by atoms with van der Waals surface area (Å²) in [6.45, 7) is 13.5. The van der Waals surface area contributed by atoms with Gasteiger partial charge in [0.2, 0.25) is 0 Å². The van der Waals surface area contributed by atoms with Crippen molar-refractivity contribution in [3.05, 3.63) is 64.0 Å². The Labute approximate surface area is 182 Å². The number of phenolic OH excluding ortho intramolecular Hbond substituents is 1. The van der Waals surface area contributed by atoms with Crippen LogP contribution in [0, 0.1) is 0 Å². The zero-order valence-electron chi connectivity index (χ0n) is 18.5. The van der Waals surface area contributed by atoms with Crippen molar-refractivity contribution in [2.75, 3.05) is 0 Å². The molecule has 0 aliphatic carbocycles. The normalized spacial score (nSPS) is 12.6. The summed E-state index contributed by atoms with van der Waals surface area (Å²) < 4.78 is 1.98. The quantitative estimate of drug-likeness (QED) is 0.412. The van der Waals surface area contributed by atoms with Crippen LogP contribution in [0.2, 0.25) is 0 Å². The molecule has 0 unspecified atom stereocenters. The Balaban J connectivity index is 1.96. The molecule has 0 aliphatic rings. The molecule has 0 spiro atoms. The second-order valence-corrected chi connectivity index (χ2v) is 10.9. The van der Waals surface area contributed by atoms with E-state index in [0.717, 1.165) is 33.4 Å². The number of aromatic hydroxyl groups is 1. The van der Waals surface area contributed by atoms with Gasteiger partial charge in [0.05, 0.1) is 6.54 Å². The first-order valence-corrected chi connectivity index (χ1v) is 11.2. The fourth-order valence-electron chi connectivity index (χ4n) is 3.80. The number of thiophene rings is 1. The van der Waals surface area contributed by atoms with Crippen LogP contribution in [0.5, 0.6) is 5.75 Å². The summed E-state index contributed by atoms with van der Waals surface area (Å²) in [4.78, 5) is 5.87. The molecule has 4 nitrogen and oxygen atoms in total. The molecule has 0 atom stereocenters. The number of fused-ring (bicyclic) bond motifs is 1. The van der Waals surface area contributed by atoms with E-state index in [2.05, 4.69) is 82.2 Å². The third kappa shape index (κ3) is 3.74. The summed E-state index contributed by atoms with van der Waals surface area (Å²) >= 11 is 1.72. The Hall–Kier alpha value is -2.66. The Morgan fingerprint density at radius 2 is 1.63 bits per heavy atom. The van der Waals surface area contributed by atoms with Crippen molar-refractivity contribution < 1.29 is 5.11 Å². The summed E-state index contributed by atoms with van der Waals surface area (Å²) in [6, 6.07) is 12.4. The van der Waals surface area contributed by atoms with Gasteiger partial charge in [-0.05, 0) is 46.5 Å². The second kappa shape index (κ2) is 7.24. The molecule has 5 heteroatoms. The van der Waals surface area contributed by atoms with Crippen LogP contribution in [0.1, 0.15) is 57.5 Å². The van der Waals surface area contributed by atoms with Crippen LogP contribution >= 0.6 is 11.3 Å². The Morgan fingerprint density at radius 1 is 0.967 bits per heavy atom. The SMILES string of the molecule is CC(C)(C)c1cc(-c2nn(Cc3cccs3)c3ncccc23)cc(C(C)(C)C)c1O. The number of benzene rings is 1. The number of phenols is 1. The van der Waals surface area contributed by atoms with Crippen molar-refractivity contribution in [3.63, 3.8) is 0 Å². The molecule has 3 heterocycles. The summed E-state index contributed by atoms with van der Waals surface area (Å²) in [5, 5.41) is 19.2. The van der Waals surface area contributed by atoms with Crippen LogP contribution in [0.25, 0.3) is 22.3 Å². The highest BCUT2D eigenvalue weighted by atomic mass is 32.1. The first-order valence-electron chi connectivity index (χ1n) is 10.3. The van der Waals surface area contributed by atoms with E-state index in [1.165, 1.54) is 4.88 Å². The largest absolute Gasteiger partial charge is 0.507 e. The second-order valence-electron chi connectivity index (χ2n) is 9.88. The van der Waals surface area contributed by atoms with Crippen LogP contribution in [0.3, 0.4) is 0 Å². The number of hydrogen-bond donors (Lipinski definition) is 1. The van der Waals surface area contributed by atoms with E-state index in [1.807, 2.05) is 16.9 Å². The summed E-state index contributed by atoms with van der Waals surface area (Å²) in [6.07, 6.45) is 1.82. The van der Waals surface area contributed by atoms with Crippen molar-refractivity contribution in [1.29, 1.82) is 0 Å². The molecular weight excluding hydrogens is 390 g/mol. The van der Waals surface area contributed by atoms with E-state index in [9.17, 15) is 5.11 Å². The van der Waals surface area contributed by atoms with Crippen molar-refractivity contribution in [1.82, 2.24) is 14.8 Å². The molecule has 156 valence electrons. The van der Waals surface area contributed by atoms with Crippen LogP contribution in [0.15, 0.2) is 48.0 Å². The van der Waals surface area contributed by atoms with Gasteiger partial charge >= 0.3 is 0 Å². The van der Waals surface area contributed by atoms with Gasteiger partial charge in [-0.15, -0.1) is 11.3 Å². The van der Waals surface area contributed by atoms with E-state index >= 15 is 0 Å². The van der Waals surface area contributed by atoms with Gasteiger partial charge in [-0.25, -0.2) is 9.67 Å². The predicted molar refractivity (Wildman–Crippen MR) is 125 cm³/mol. The van der Waals surface area contributed by atoms with Crippen molar-refractivity contribution in [2.24, 2.45) is 0 Å². The molecule has 0 saturated heterocycles. The number of nitrogens with zero attached hydrogens (tertiary/aromatic N) is 3. The predicted octanol–water partition coefficient (Wildman–Crippen LogP) is 6.51. The fourth-order valence-corrected chi connectivity index (χ4v) is 4.48. The molecule has 1 N–H and O–H groups in total. The smallest absolute Gasteiger partial charge is 0.158 e. The molecule has 1 aromatic carbocycles. The zero-order valence-corrected chi connectivity index (χ0v) is 19.3. The molecule has 0 radical (unpaired) electrons. The third-order valence-electron chi connectivity index (χ3n) is 5.39. The Morgan fingerprint density at radius 3 is 2.20 bits per heavy atom. The van der Waals surface area contributed by atoms with Crippen molar-refractivity contribution in [3.8, 4) is 17.0 Å². The first kappa shape index (κ1) is 20.6. The maximum Gasteiger partial charge on any atom is 0.158 e. The monoisotopic (exact) mass is 419 g/mol. The first-order chi connectivity index (χ1) is 14.1. The minimum atomic E-state index is -0.187. The summed E-state index contributed by atoms with van der Waals surface area (Å²) in [5.74, 6) is 0.388. The maximum atomic E-state index is 11.1. The van der Waals surface area contributed by atoms with Gasteiger partial charge < -0.3 is 5.11 Å². The van der Waals surface area contributed by atoms with E-state index < -0.39 is 0 Å². The van der Waals surface area contributed by atoms with Gasteiger partial charge in [-0.2, -0.15) is 5.10 Å². The molecule has 3 aromatic heterocycles. The van der Waals surface area contributed by atoms with Gasteiger partial charge in [-0.3, -0.25) is 0 Å². The summed E-state index contributed by atoms with van der Waals surface area (Å²) in [5.41, 5.74) is 4.31. The Kier molecular flexibility index (Phi) is 4.97. The highest BCUT2D eigenvalue weighted by Crippen LogP contribution is 2.42. The standard InChI is InChI=1S/C25H29N3OS/c1-24(2,3)19-13-16(14-20(22(19)29)25(4,5)6)21-18-10-7-11-26-23(18)28(27-21)15-17-9-8-12-30-17/h7-14,29H,15H2,1-6H3. The molecule has 0 saturated carbocycles. The average molecular weight is 420 g/mol. The molecule has 4 rings (SSSR count). The number of hydrogen-bond acceptors (Lipinski definition) is 4. The van der Waals surface area contributed by atoms with Crippen LogP contribution in [0.4, 0.5) is 0 Å². The Bertz CT molecular complexity index is 1160. The van der Waals surface area contributed by atoms with E-state index in [-0.39, 0.29) is 10.8 Å². The maximum absolute atomic E-state index is 11.1. The van der Waals surface area contributed by atoms with Crippen LogP contribution in [-0.2, 0) is 17.4 Å². The molecular formula is C25H29N3OS. The highest BCUT2D eigenvalue weighted by molar-refractivity contribution is 7.09. The molecule has 0 bridgehead atoms. The van der Waals surface area contributed by atoms with Gasteiger partial charge in [0.1, 0.15) is 11.4 Å². The van der Waals surface area contributed by atoms with Crippen LogP contribution in [-0.4, -0.2) is 19.9 Å². The molecule has 0 fully saturated rings. The molecule has 0 aliphatic heterocycles. The fraction of sp³-hybridized carbons (Fsp3) is 0.360. The molecule has 4 aromatic rings.